The fourth-order valence-corrected chi connectivity index (χ4v) is 4.93. The lowest BCUT2D eigenvalue weighted by Gasteiger charge is -2.24. The zero-order chi connectivity index (χ0) is 18.0. The van der Waals surface area contributed by atoms with Gasteiger partial charge in [0.15, 0.2) is 17.3 Å². The molecule has 3 aromatic rings. The molecular weight excluding hydrogens is 386 g/mol. The molecule has 0 saturated heterocycles. The largest absolute Gasteiger partial charge is 0.492 e. The van der Waals surface area contributed by atoms with E-state index >= 15 is 0 Å². The summed E-state index contributed by atoms with van der Waals surface area (Å²) in [5.41, 5.74) is 3.33. The number of fused-ring (bicyclic) bond motifs is 5. The van der Waals surface area contributed by atoms with Crippen LogP contribution in [0.4, 0.5) is 5.69 Å². The quantitative estimate of drug-likeness (QED) is 0.656. The first-order valence-corrected chi connectivity index (χ1v) is 9.78. The van der Waals surface area contributed by atoms with Gasteiger partial charge in [-0.2, -0.15) is 4.37 Å². The van der Waals surface area contributed by atoms with Gasteiger partial charge < -0.3 is 19.1 Å². The number of rotatable bonds is 2. The summed E-state index contributed by atoms with van der Waals surface area (Å²) >= 11 is 7.19. The van der Waals surface area contributed by atoms with E-state index in [0.29, 0.717) is 17.6 Å². The second kappa shape index (κ2) is 5.50. The van der Waals surface area contributed by atoms with Crippen LogP contribution in [0, 0.1) is 0 Å². The van der Waals surface area contributed by atoms with Crippen LogP contribution in [0.15, 0.2) is 36.4 Å². The third kappa shape index (κ3) is 2.18. The van der Waals surface area contributed by atoms with Crippen molar-refractivity contribution in [3.8, 4) is 17.2 Å². The molecule has 0 fully saturated rings. The summed E-state index contributed by atoms with van der Waals surface area (Å²) in [6.45, 7) is 2.24. The second-order valence-corrected chi connectivity index (χ2v) is 8.24. The standard InChI is InChI=1S/C19H14ClN3O3S/c20-18-21-17(22-27-18)7-23-8-19(11-3-1-2-4-13(11)23)9-24-14-6-16-15(5-12(14)19)25-10-26-16/h1-6H,7-10H2. The lowest BCUT2D eigenvalue weighted by Crippen LogP contribution is -2.36. The lowest BCUT2D eigenvalue weighted by molar-refractivity contribution is 0.173. The maximum atomic E-state index is 6.11. The summed E-state index contributed by atoms with van der Waals surface area (Å²) in [5.74, 6) is 3.13. The van der Waals surface area contributed by atoms with Crippen molar-refractivity contribution in [2.45, 2.75) is 12.0 Å². The van der Waals surface area contributed by atoms with Crippen LogP contribution in [0.3, 0.4) is 0 Å². The highest BCUT2D eigenvalue weighted by Crippen LogP contribution is 2.54. The molecule has 6 rings (SSSR count). The number of halogens is 1. The third-order valence-corrected chi connectivity index (χ3v) is 6.30. The molecular formula is C19H14ClN3O3S. The Morgan fingerprint density at radius 3 is 2.78 bits per heavy atom. The zero-order valence-electron chi connectivity index (χ0n) is 14.1. The van der Waals surface area contributed by atoms with Gasteiger partial charge in [-0.25, -0.2) is 4.98 Å². The maximum absolute atomic E-state index is 6.11. The Kier molecular flexibility index (Phi) is 3.16. The molecule has 0 saturated carbocycles. The molecule has 4 heterocycles. The Hall–Kier alpha value is -2.51. The van der Waals surface area contributed by atoms with Crippen LogP contribution in [-0.2, 0) is 12.0 Å². The van der Waals surface area contributed by atoms with Crippen molar-refractivity contribution in [2.75, 3.05) is 24.8 Å². The Morgan fingerprint density at radius 1 is 1.07 bits per heavy atom. The minimum Gasteiger partial charge on any atom is -0.492 e. The summed E-state index contributed by atoms with van der Waals surface area (Å²) in [5, 5.41) is 0. The van der Waals surface area contributed by atoms with Crippen molar-refractivity contribution in [2.24, 2.45) is 0 Å². The van der Waals surface area contributed by atoms with Crippen LogP contribution < -0.4 is 19.1 Å². The Morgan fingerprint density at radius 2 is 1.93 bits per heavy atom. The fraction of sp³-hybridized carbons (Fsp3) is 0.263. The van der Waals surface area contributed by atoms with Gasteiger partial charge >= 0.3 is 0 Å². The first kappa shape index (κ1) is 15.5. The van der Waals surface area contributed by atoms with E-state index in [1.807, 2.05) is 6.07 Å². The van der Waals surface area contributed by atoms with Crippen molar-refractivity contribution in [3.63, 3.8) is 0 Å². The number of aromatic nitrogens is 2. The first-order chi connectivity index (χ1) is 13.2. The fourth-order valence-electron chi connectivity index (χ4n) is 4.31. The monoisotopic (exact) mass is 399 g/mol. The SMILES string of the molecule is Clc1nc(CN2CC3(COc4cc5c(cc43)OCO5)c3ccccc32)ns1. The molecule has 1 aromatic heterocycles. The summed E-state index contributed by atoms with van der Waals surface area (Å²) in [7, 11) is 0. The normalized spacial score (nSPS) is 21.4. The Bertz CT molecular complexity index is 1070. The topological polar surface area (TPSA) is 56.7 Å². The van der Waals surface area contributed by atoms with Crippen molar-refractivity contribution in [1.29, 1.82) is 0 Å². The van der Waals surface area contributed by atoms with Gasteiger partial charge in [0.25, 0.3) is 0 Å². The summed E-state index contributed by atoms with van der Waals surface area (Å²) in [6, 6.07) is 12.5. The van der Waals surface area contributed by atoms with Gasteiger partial charge in [0, 0.05) is 23.9 Å². The Balaban J connectivity index is 1.46. The molecule has 27 heavy (non-hydrogen) atoms. The maximum Gasteiger partial charge on any atom is 0.231 e. The van der Waals surface area contributed by atoms with Gasteiger partial charge in [-0.1, -0.05) is 18.2 Å². The van der Waals surface area contributed by atoms with E-state index in [1.165, 1.54) is 22.8 Å². The van der Waals surface area contributed by atoms with Crippen LogP contribution in [-0.4, -0.2) is 29.3 Å². The van der Waals surface area contributed by atoms with E-state index < -0.39 is 0 Å². The van der Waals surface area contributed by atoms with Crippen LogP contribution >= 0.6 is 23.1 Å². The highest BCUT2D eigenvalue weighted by atomic mass is 35.5. The van der Waals surface area contributed by atoms with Crippen molar-refractivity contribution in [1.82, 2.24) is 9.36 Å². The third-order valence-electron chi connectivity index (χ3n) is 5.46. The minimum absolute atomic E-state index is 0.243. The van der Waals surface area contributed by atoms with Crippen molar-refractivity contribution in [3.05, 3.63) is 57.8 Å². The van der Waals surface area contributed by atoms with E-state index in [-0.39, 0.29) is 12.2 Å². The predicted octanol–water partition coefficient (Wildman–Crippen LogP) is 3.62. The number of hydrogen-bond acceptors (Lipinski definition) is 7. The number of para-hydroxylation sites is 1. The van der Waals surface area contributed by atoms with E-state index in [1.54, 1.807) is 0 Å². The molecule has 1 atom stereocenters. The number of benzene rings is 2. The number of anilines is 1. The number of nitrogens with zero attached hydrogens (tertiary/aromatic N) is 3. The summed E-state index contributed by atoms with van der Waals surface area (Å²) in [4.78, 5) is 6.62. The van der Waals surface area contributed by atoms with Gasteiger partial charge in [-0.15, -0.1) is 0 Å². The number of hydrogen-bond donors (Lipinski definition) is 0. The van der Waals surface area contributed by atoms with E-state index in [4.69, 9.17) is 25.8 Å². The average Bonchev–Trinajstić information content (AvgIpc) is 3.43. The summed E-state index contributed by atoms with van der Waals surface area (Å²) < 4.78 is 22.0. The van der Waals surface area contributed by atoms with Crippen LogP contribution in [0.25, 0.3) is 0 Å². The van der Waals surface area contributed by atoms with Crippen molar-refractivity contribution < 1.29 is 14.2 Å². The van der Waals surface area contributed by atoms with Crippen LogP contribution in [0.1, 0.15) is 17.0 Å². The molecule has 0 radical (unpaired) electrons. The summed E-state index contributed by atoms with van der Waals surface area (Å²) in [6.07, 6.45) is 0. The van der Waals surface area contributed by atoms with Gasteiger partial charge in [0.2, 0.25) is 11.3 Å². The molecule has 3 aliphatic heterocycles. The van der Waals surface area contributed by atoms with Crippen molar-refractivity contribution >= 4 is 28.8 Å². The van der Waals surface area contributed by atoms with Crippen LogP contribution in [0.2, 0.25) is 4.47 Å². The highest BCUT2D eigenvalue weighted by molar-refractivity contribution is 7.10. The first-order valence-electron chi connectivity index (χ1n) is 8.62. The molecule has 0 N–H and O–H groups in total. The molecule has 6 nitrogen and oxygen atoms in total. The van der Waals surface area contributed by atoms with Gasteiger partial charge in [0.1, 0.15) is 12.4 Å². The predicted molar refractivity (Wildman–Crippen MR) is 101 cm³/mol. The van der Waals surface area contributed by atoms with Gasteiger partial charge in [0.05, 0.1) is 12.0 Å². The molecule has 0 amide bonds. The van der Waals surface area contributed by atoms with Crippen LogP contribution in [0.5, 0.6) is 17.2 Å². The Labute approximate surface area is 164 Å². The molecule has 136 valence electrons. The smallest absolute Gasteiger partial charge is 0.231 e. The zero-order valence-corrected chi connectivity index (χ0v) is 15.7. The molecule has 1 spiro atoms. The molecule has 3 aliphatic rings. The van der Waals surface area contributed by atoms with E-state index in [0.717, 1.165) is 35.2 Å². The lowest BCUT2D eigenvalue weighted by atomic mass is 9.77. The minimum atomic E-state index is -0.243. The highest BCUT2D eigenvalue weighted by Gasteiger charge is 2.50. The molecule has 0 bridgehead atoms. The van der Waals surface area contributed by atoms with E-state index in [9.17, 15) is 0 Å². The molecule has 0 aliphatic carbocycles. The van der Waals surface area contributed by atoms with Gasteiger partial charge in [-0.3, -0.25) is 0 Å². The van der Waals surface area contributed by atoms with E-state index in [2.05, 4.69) is 44.6 Å². The molecule has 8 heteroatoms. The average molecular weight is 400 g/mol. The molecule has 1 unspecified atom stereocenters. The molecule has 2 aromatic carbocycles. The number of ether oxygens (including phenoxy) is 3. The second-order valence-electron chi connectivity index (χ2n) is 6.91. The van der Waals surface area contributed by atoms with Gasteiger partial charge in [-0.05, 0) is 40.8 Å².